The Bertz CT molecular complexity index is 1020. The summed E-state index contributed by atoms with van der Waals surface area (Å²) in [5, 5.41) is 0.612. The third-order valence-electron chi connectivity index (χ3n) is 4.31. The van der Waals surface area contributed by atoms with E-state index in [4.69, 9.17) is 14.2 Å². The molecule has 3 aromatic rings. The van der Waals surface area contributed by atoms with Gasteiger partial charge in [-0.1, -0.05) is 12.1 Å². The largest absolute Gasteiger partial charge is 0.497 e. The minimum absolute atomic E-state index is 0.235. The van der Waals surface area contributed by atoms with Crippen LogP contribution in [0.2, 0.25) is 0 Å². The number of esters is 1. The second-order valence-corrected chi connectivity index (χ2v) is 5.93. The highest BCUT2D eigenvalue weighted by atomic mass is 16.5. The number of methoxy groups -OCH3 is 2. The Morgan fingerprint density at radius 3 is 2.26 bits per heavy atom. The molecule has 0 aliphatic heterocycles. The van der Waals surface area contributed by atoms with E-state index in [1.54, 1.807) is 43.9 Å². The predicted octanol–water partition coefficient (Wildman–Crippen LogP) is 3.24. The van der Waals surface area contributed by atoms with Crippen LogP contribution in [0.3, 0.4) is 0 Å². The monoisotopic (exact) mass is 367 g/mol. The van der Waals surface area contributed by atoms with E-state index in [1.807, 2.05) is 24.3 Å². The highest BCUT2D eigenvalue weighted by Crippen LogP contribution is 2.24. The van der Waals surface area contributed by atoms with Gasteiger partial charge >= 0.3 is 5.97 Å². The fraction of sp³-hybridized carbons (Fsp3) is 0.238. The van der Waals surface area contributed by atoms with Gasteiger partial charge in [-0.05, 0) is 42.8 Å². The molecule has 0 saturated carbocycles. The van der Waals surface area contributed by atoms with Crippen molar-refractivity contribution in [1.82, 2.24) is 4.57 Å². The van der Waals surface area contributed by atoms with Crippen molar-refractivity contribution in [2.45, 2.75) is 13.5 Å². The molecule has 0 aliphatic carbocycles. The number of nitrogens with zero attached hydrogens (tertiary/aromatic N) is 1. The maximum absolute atomic E-state index is 12.7. The van der Waals surface area contributed by atoms with Gasteiger partial charge in [0.05, 0.1) is 38.5 Å². The molecule has 2 aromatic carbocycles. The van der Waals surface area contributed by atoms with Crippen molar-refractivity contribution >= 4 is 16.9 Å². The van der Waals surface area contributed by atoms with Crippen LogP contribution in [0.25, 0.3) is 10.9 Å². The number of ether oxygens (including phenoxy) is 3. The number of aromatic nitrogens is 1. The van der Waals surface area contributed by atoms with Gasteiger partial charge in [0.15, 0.2) is 0 Å². The molecule has 0 atom stereocenters. The zero-order valence-electron chi connectivity index (χ0n) is 15.5. The molecule has 0 saturated heterocycles. The van der Waals surface area contributed by atoms with Crippen molar-refractivity contribution < 1.29 is 19.0 Å². The molecular formula is C21H21NO5. The second kappa shape index (κ2) is 7.95. The maximum Gasteiger partial charge on any atom is 0.339 e. The maximum atomic E-state index is 12.7. The van der Waals surface area contributed by atoms with Gasteiger partial charge in [0.2, 0.25) is 0 Å². The number of carbonyl (C=O) groups excluding carboxylic acids is 1. The normalized spacial score (nSPS) is 10.6. The van der Waals surface area contributed by atoms with Crippen LogP contribution in [0, 0.1) is 0 Å². The first kappa shape index (κ1) is 18.5. The summed E-state index contributed by atoms with van der Waals surface area (Å²) in [5.74, 6) is 0.825. The van der Waals surface area contributed by atoms with Gasteiger partial charge in [-0.2, -0.15) is 0 Å². The number of rotatable bonds is 6. The molecule has 0 radical (unpaired) electrons. The SMILES string of the molecule is CCOC(=O)c1cc(=O)n(Cc2ccc(OC)cc2)c2ccc(OC)cc12. The van der Waals surface area contributed by atoms with Crippen LogP contribution in [-0.2, 0) is 11.3 Å². The van der Waals surface area contributed by atoms with Gasteiger partial charge < -0.3 is 18.8 Å². The number of hydrogen-bond acceptors (Lipinski definition) is 5. The Balaban J connectivity index is 2.15. The van der Waals surface area contributed by atoms with Crippen molar-refractivity contribution in [3.8, 4) is 11.5 Å². The van der Waals surface area contributed by atoms with Crippen LogP contribution in [0.4, 0.5) is 0 Å². The fourth-order valence-corrected chi connectivity index (χ4v) is 2.95. The molecule has 1 aromatic heterocycles. The first-order chi connectivity index (χ1) is 13.1. The van der Waals surface area contributed by atoms with E-state index in [-0.39, 0.29) is 17.7 Å². The first-order valence-corrected chi connectivity index (χ1v) is 8.59. The topological polar surface area (TPSA) is 66.8 Å². The summed E-state index contributed by atoms with van der Waals surface area (Å²) < 4.78 is 17.2. The summed E-state index contributed by atoms with van der Waals surface area (Å²) in [6.45, 7) is 2.33. The number of hydrogen-bond donors (Lipinski definition) is 0. The van der Waals surface area contributed by atoms with E-state index in [9.17, 15) is 9.59 Å². The fourth-order valence-electron chi connectivity index (χ4n) is 2.95. The standard InChI is InChI=1S/C21H21NO5/c1-4-27-21(24)18-12-20(23)22(13-14-5-7-15(25-2)8-6-14)19-10-9-16(26-3)11-17(18)19/h5-12H,4,13H2,1-3H3. The van der Waals surface area contributed by atoms with Crippen molar-refractivity contribution in [3.05, 3.63) is 70.0 Å². The summed E-state index contributed by atoms with van der Waals surface area (Å²) in [6.07, 6.45) is 0. The molecule has 0 spiro atoms. The molecule has 1 heterocycles. The Morgan fingerprint density at radius 2 is 1.63 bits per heavy atom. The summed E-state index contributed by atoms with van der Waals surface area (Å²) in [4.78, 5) is 25.1. The lowest BCUT2D eigenvalue weighted by atomic mass is 10.1. The molecule has 0 aliphatic rings. The summed E-state index contributed by atoms with van der Waals surface area (Å²) in [6, 6.07) is 14.1. The van der Waals surface area contributed by atoms with Crippen LogP contribution in [0.1, 0.15) is 22.8 Å². The van der Waals surface area contributed by atoms with Crippen LogP contribution < -0.4 is 15.0 Å². The average molecular weight is 367 g/mol. The van der Waals surface area contributed by atoms with Crippen molar-refractivity contribution in [2.24, 2.45) is 0 Å². The Kier molecular flexibility index (Phi) is 5.45. The zero-order valence-corrected chi connectivity index (χ0v) is 15.5. The summed E-state index contributed by atoms with van der Waals surface area (Å²) in [7, 11) is 3.16. The van der Waals surface area contributed by atoms with Gasteiger partial charge in [0.25, 0.3) is 5.56 Å². The molecule has 0 fully saturated rings. The first-order valence-electron chi connectivity index (χ1n) is 8.59. The smallest absolute Gasteiger partial charge is 0.339 e. The van der Waals surface area contributed by atoms with E-state index in [0.29, 0.717) is 23.2 Å². The minimum Gasteiger partial charge on any atom is -0.497 e. The Morgan fingerprint density at radius 1 is 0.963 bits per heavy atom. The van der Waals surface area contributed by atoms with E-state index in [2.05, 4.69) is 0 Å². The van der Waals surface area contributed by atoms with Crippen LogP contribution in [-0.4, -0.2) is 31.4 Å². The number of benzene rings is 2. The van der Waals surface area contributed by atoms with E-state index >= 15 is 0 Å². The molecule has 3 rings (SSSR count). The minimum atomic E-state index is -0.524. The number of pyridine rings is 1. The molecular weight excluding hydrogens is 346 g/mol. The van der Waals surface area contributed by atoms with E-state index < -0.39 is 5.97 Å². The quantitative estimate of drug-likeness (QED) is 0.626. The predicted molar refractivity (Wildman–Crippen MR) is 103 cm³/mol. The zero-order chi connectivity index (χ0) is 19.4. The van der Waals surface area contributed by atoms with Crippen molar-refractivity contribution in [2.75, 3.05) is 20.8 Å². The molecule has 6 nitrogen and oxygen atoms in total. The number of carbonyl (C=O) groups is 1. The van der Waals surface area contributed by atoms with Gasteiger partial charge in [-0.15, -0.1) is 0 Å². The van der Waals surface area contributed by atoms with Crippen molar-refractivity contribution in [3.63, 3.8) is 0 Å². The lowest BCUT2D eigenvalue weighted by Gasteiger charge is -2.14. The highest BCUT2D eigenvalue weighted by Gasteiger charge is 2.17. The highest BCUT2D eigenvalue weighted by molar-refractivity contribution is 6.03. The van der Waals surface area contributed by atoms with E-state index in [0.717, 1.165) is 11.3 Å². The second-order valence-electron chi connectivity index (χ2n) is 5.93. The average Bonchev–Trinajstić information content (AvgIpc) is 2.70. The van der Waals surface area contributed by atoms with Gasteiger partial charge in [0.1, 0.15) is 11.5 Å². The van der Waals surface area contributed by atoms with Gasteiger partial charge in [-0.3, -0.25) is 4.79 Å². The van der Waals surface area contributed by atoms with E-state index in [1.165, 1.54) is 6.07 Å². The summed E-state index contributed by atoms with van der Waals surface area (Å²) >= 11 is 0. The molecule has 0 unspecified atom stereocenters. The lowest BCUT2D eigenvalue weighted by Crippen LogP contribution is -2.23. The summed E-state index contributed by atoms with van der Waals surface area (Å²) in [5.41, 5.74) is 1.55. The third-order valence-corrected chi connectivity index (χ3v) is 4.31. The molecule has 6 heteroatoms. The Hall–Kier alpha value is -3.28. The molecule has 0 amide bonds. The molecule has 140 valence electrons. The van der Waals surface area contributed by atoms with Gasteiger partial charge in [0, 0.05) is 11.5 Å². The molecule has 27 heavy (non-hydrogen) atoms. The lowest BCUT2D eigenvalue weighted by molar-refractivity contribution is 0.0528. The van der Waals surface area contributed by atoms with Crippen LogP contribution in [0.15, 0.2) is 53.3 Å². The number of fused-ring (bicyclic) bond motifs is 1. The van der Waals surface area contributed by atoms with Crippen LogP contribution in [0.5, 0.6) is 11.5 Å². The van der Waals surface area contributed by atoms with Crippen LogP contribution >= 0.6 is 0 Å². The van der Waals surface area contributed by atoms with Crippen molar-refractivity contribution in [1.29, 1.82) is 0 Å². The third kappa shape index (κ3) is 3.79. The van der Waals surface area contributed by atoms with Gasteiger partial charge in [-0.25, -0.2) is 4.79 Å². The molecule has 0 N–H and O–H groups in total. The Labute approximate surface area is 156 Å². The molecule has 0 bridgehead atoms.